The largest absolute Gasteiger partial charge is 0.506 e. The molecule has 2 heterocycles. The molecule has 1 aromatic carbocycles. The highest BCUT2D eigenvalue weighted by Gasteiger charge is 2.20. The fourth-order valence-corrected chi connectivity index (χ4v) is 2.45. The molecule has 3 rings (SSSR count). The molecule has 0 aliphatic heterocycles. The Balaban J connectivity index is 1.67. The summed E-state index contributed by atoms with van der Waals surface area (Å²) >= 11 is 0. The Morgan fingerprint density at radius 1 is 1.25 bits per heavy atom. The highest BCUT2D eigenvalue weighted by Crippen LogP contribution is 2.19. The van der Waals surface area contributed by atoms with Gasteiger partial charge in [0.2, 0.25) is 17.6 Å². The number of anilines is 1. The first-order chi connectivity index (χ1) is 13.5. The molecule has 0 aliphatic carbocycles. The van der Waals surface area contributed by atoms with E-state index in [0.29, 0.717) is 11.4 Å². The van der Waals surface area contributed by atoms with Gasteiger partial charge in [-0.05, 0) is 24.3 Å². The van der Waals surface area contributed by atoms with Gasteiger partial charge in [-0.2, -0.15) is 4.98 Å². The molecule has 0 radical (unpaired) electrons. The second kappa shape index (κ2) is 8.30. The van der Waals surface area contributed by atoms with Gasteiger partial charge in [0.15, 0.2) is 0 Å². The van der Waals surface area contributed by atoms with Gasteiger partial charge in [-0.25, -0.2) is 9.78 Å². The lowest BCUT2D eigenvalue weighted by atomic mass is 10.1. The van der Waals surface area contributed by atoms with E-state index in [1.54, 1.807) is 37.3 Å². The molecule has 0 aliphatic rings. The summed E-state index contributed by atoms with van der Waals surface area (Å²) in [6.45, 7) is 1.71. The standard InChI is InChI=1S/C19H18N4O5/c1-11(18(25)21-14-6-4-3-5-13(14)19(26)27-2)9-16-22-17(23-28-16)15-8-7-12(24)10-20-15/h3-8,10-11,24H,9H2,1-2H3,(H,21,25). The van der Waals surface area contributed by atoms with Crippen LogP contribution in [0.2, 0.25) is 0 Å². The minimum absolute atomic E-state index is 0.0324. The predicted octanol–water partition coefficient (Wildman–Crippen LogP) is 2.44. The first-order valence-corrected chi connectivity index (χ1v) is 8.44. The molecular weight excluding hydrogens is 364 g/mol. The van der Waals surface area contributed by atoms with Crippen LogP contribution in [0.3, 0.4) is 0 Å². The molecule has 1 atom stereocenters. The number of aromatic hydroxyl groups is 1. The van der Waals surface area contributed by atoms with E-state index < -0.39 is 11.9 Å². The van der Waals surface area contributed by atoms with E-state index >= 15 is 0 Å². The summed E-state index contributed by atoms with van der Waals surface area (Å²) in [5.74, 6) is -0.769. The van der Waals surface area contributed by atoms with Crippen molar-refractivity contribution in [2.75, 3.05) is 12.4 Å². The average Bonchev–Trinajstić information content (AvgIpc) is 3.16. The predicted molar refractivity (Wildman–Crippen MR) is 98.5 cm³/mol. The van der Waals surface area contributed by atoms with Gasteiger partial charge in [-0.15, -0.1) is 0 Å². The second-order valence-corrected chi connectivity index (χ2v) is 6.04. The lowest BCUT2D eigenvalue weighted by Gasteiger charge is -2.12. The molecule has 1 amide bonds. The molecule has 0 saturated heterocycles. The van der Waals surface area contributed by atoms with Crippen LogP contribution in [-0.4, -0.2) is 39.2 Å². The van der Waals surface area contributed by atoms with Gasteiger partial charge < -0.3 is 19.7 Å². The van der Waals surface area contributed by atoms with Crippen molar-refractivity contribution in [3.05, 3.63) is 54.0 Å². The van der Waals surface area contributed by atoms with E-state index in [0.717, 1.165) is 0 Å². The highest BCUT2D eigenvalue weighted by atomic mass is 16.5. The normalized spacial score (nSPS) is 11.6. The van der Waals surface area contributed by atoms with Gasteiger partial charge in [-0.1, -0.05) is 24.2 Å². The number of carbonyl (C=O) groups excluding carboxylic acids is 2. The summed E-state index contributed by atoms with van der Waals surface area (Å²) in [6, 6.07) is 9.61. The second-order valence-electron chi connectivity index (χ2n) is 6.04. The van der Waals surface area contributed by atoms with E-state index in [-0.39, 0.29) is 35.4 Å². The molecule has 0 spiro atoms. The monoisotopic (exact) mass is 382 g/mol. The minimum Gasteiger partial charge on any atom is -0.506 e. The zero-order chi connectivity index (χ0) is 20.1. The van der Waals surface area contributed by atoms with Gasteiger partial charge >= 0.3 is 5.97 Å². The van der Waals surface area contributed by atoms with Gasteiger partial charge in [-0.3, -0.25) is 4.79 Å². The molecular formula is C19H18N4O5. The Labute approximate surface area is 160 Å². The van der Waals surface area contributed by atoms with Crippen molar-refractivity contribution in [1.82, 2.24) is 15.1 Å². The summed E-state index contributed by atoms with van der Waals surface area (Å²) in [5.41, 5.74) is 1.08. The number of hydrogen-bond donors (Lipinski definition) is 2. The molecule has 144 valence electrons. The number of benzene rings is 1. The highest BCUT2D eigenvalue weighted by molar-refractivity contribution is 6.01. The van der Waals surface area contributed by atoms with Crippen LogP contribution in [0.25, 0.3) is 11.5 Å². The number of methoxy groups -OCH3 is 1. The van der Waals surface area contributed by atoms with E-state index in [1.807, 2.05) is 0 Å². The van der Waals surface area contributed by atoms with Crippen LogP contribution in [0.1, 0.15) is 23.2 Å². The van der Waals surface area contributed by atoms with Crippen LogP contribution >= 0.6 is 0 Å². The van der Waals surface area contributed by atoms with Crippen LogP contribution in [0, 0.1) is 5.92 Å². The Morgan fingerprint density at radius 2 is 2.04 bits per heavy atom. The van der Waals surface area contributed by atoms with Gasteiger partial charge in [0.1, 0.15) is 11.4 Å². The summed E-state index contributed by atoms with van der Waals surface area (Å²) in [7, 11) is 1.28. The van der Waals surface area contributed by atoms with E-state index in [2.05, 4.69) is 20.4 Å². The van der Waals surface area contributed by atoms with Crippen molar-refractivity contribution < 1.29 is 24.0 Å². The third-order valence-electron chi connectivity index (χ3n) is 3.96. The molecule has 3 aromatic rings. The maximum absolute atomic E-state index is 12.5. The number of ether oxygens (including phenoxy) is 1. The summed E-state index contributed by atoms with van der Waals surface area (Å²) in [5, 5.41) is 15.8. The number of para-hydroxylation sites is 1. The van der Waals surface area contributed by atoms with Crippen molar-refractivity contribution in [3.8, 4) is 17.3 Å². The third-order valence-corrected chi connectivity index (χ3v) is 3.96. The number of amides is 1. The Morgan fingerprint density at radius 3 is 2.75 bits per heavy atom. The number of nitrogens with one attached hydrogen (secondary N) is 1. The van der Waals surface area contributed by atoms with Crippen LogP contribution < -0.4 is 5.32 Å². The van der Waals surface area contributed by atoms with Crippen molar-refractivity contribution >= 4 is 17.6 Å². The van der Waals surface area contributed by atoms with Crippen LogP contribution in [0.4, 0.5) is 5.69 Å². The number of hydrogen-bond acceptors (Lipinski definition) is 8. The minimum atomic E-state index is -0.536. The fourth-order valence-electron chi connectivity index (χ4n) is 2.45. The molecule has 2 N–H and O–H groups in total. The Kier molecular flexibility index (Phi) is 5.64. The number of nitrogens with zero attached hydrogens (tertiary/aromatic N) is 3. The molecule has 0 fully saturated rings. The summed E-state index contributed by atoms with van der Waals surface area (Å²) in [4.78, 5) is 32.5. The Bertz CT molecular complexity index is 984. The van der Waals surface area contributed by atoms with Crippen molar-refractivity contribution in [1.29, 1.82) is 0 Å². The molecule has 2 aromatic heterocycles. The molecule has 9 heteroatoms. The van der Waals surface area contributed by atoms with Crippen LogP contribution in [0.5, 0.6) is 5.75 Å². The Hall–Kier alpha value is -3.75. The lowest BCUT2D eigenvalue weighted by molar-refractivity contribution is -0.119. The van der Waals surface area contributed by atoms with Crippen molar-refractivity contribution in [2.24, 2.45) is 5.92 Å². The van der Waals surface area contributed by atoms with Crippen molar-refractivity contribution in [3.63, 3.8) is 0 Å². The number of esters is 1. The lowest BCUT2D eigenvalue weighted by Crippen LogP contribution is -2.23. The third kappa shape index (κ3) is 4.32. The number of pyridine rings is 1. The summed E-state index contributed by atoms with van der Waals surface area (Å²) in [6.07, 6.45) is 1.48. The molecule has 0 saturated carbocycles. The maximum Gasteiger partial charge on any atom is 0.339 e. The summed E-state index contributed by atoms with van der Waals surface area (Å²) < 4.78 is 9.90. The SMILES string of the molecule is COC(=O)c1ccccc1NC(=O)C(C)Cc1nc(-c2ccc(O)cn2)no1. The van der Waals surface area contributed by atoms with Crippen molar-refractivity contribution in [2.45, 2.75) is 13.3 Å². The molecule has 9 nitrogen and oxygen atoms in total. The van der Waals surface area contributed by atoms with Crippen LogP contribution in [-0.2, 0) is 16.0 Å². The van der Waals surface area contributed by atoms with E-state index in [9.17, 15) is 14.7 Å². The fraction of sp³-hybridized carbons (Fsp3) is 0.211. The van der Waals surface area contributed by atoms with Gasteiger partial charge in [0, 0.05) is 12.3 Å². The molecule has 28 heavy (non-hydrogen) atoms. The number of rotatable bonds is 6. The van der Waals surface area contributed by atoms with Gasteiger partial charge in [0.25, 0.3) is 0 Å². The van der Waals surface area contributed by atoms with Crippen LogP contribution in [0.15, 0.2) is 47.1 Å². The van der Waals surface area contributed by atoms with Gasteiger partial charge in [0.05, 0.1) is 24.6 Å². The zero-order valence-corrected chi connectivity index (χ0v) is 15.2. The van der Waals surface area contributed by atoms with E-state index in [1.165, 1.54) is 19.4 Å². The number of carbonyl (C=O) groups is 2. The zero-order valence-electron chi connectivity index (χ0n) is 15.2. The van der Waals surface area contributed by atoms with E-state index in [4.69, 9.17) is 9.26 Å². The average molecular weight is 382 g/mol. The smallest absolute Gasteiger partial charge is 0.339 e. The topological polar surface area (TPSA) is 127 Å². The first kappa shape index (κ1) is 19.0. The quantitative estimate of drug-likeness (QED) is 0.622. The molecule has 0 bridgehead atoms. The maximum atomic E-state index is 12.5. The first-order valence-electron chi connectivity index (χ1n) is 8.44. The molecule has 1 unspecified atom stereocenters. The number of aromatic nitrogens is 3.